The van der Waals surface area contributed by atoms with E-state index in [1.54, 1.807) is 6.92 Å². The highest BCUT2D eigenvalue weighted by molar-refractivity contribution is 5.71. The van der Waals surface area contributed by atoms with Crippen LogP contribution >= 0.6 is 0 Å². The fourth-order valence-corrected chi connectivity index (χ4v) is 2.42. The van der Waals surface area contributed by atoms with E-state index in [1.807, 2.05) is 24.3 Å². The fraction of sp³-hybridized carbons (Fsp3) is 0.385. The molecular formula is C13H14N4O3. The number of fused-ring (bicyclic) bond motifs is 1. The second kappa shape index (κ2) is 4.92. The number of benzene rings is 1. The summed E-state index contributed by atoms with van der Waals surface area (Å²) in [6, 6.07) is 6.90. The number of tetrazole rings is 1. The van der Waals surface area contributed by atoms with Crippen molar-refractivity contribution in [2.45, 2.75) is 25.3 Å². The van der Waals surface area contributed by atoms with Gasteiger partial charge < -0.3 is 9.84 Å². The van der Waals surface area contributed by atoms with E-state index >= 15 is 0 Å². The third-order valence-electron chi connectivity index (χ3n) is 3.51. The van der Waals surface area contributed by atoms with Crippen LogP contribution in [0.25, 0.3) is 0 Å². The second-order valence-electron chi connectivity index (χ2n) is 4.72. The summed E-state index contributed by atoms with van der Waals surface area (Å²) in [7, 11) is 0. The first-order valence-electron chi connectivity index (χ1n) is 6.40. The van der Waals surface area contributed by atoms with E-state index in [0.717, 1.165) is 17.7 Å². The van der Waals surface area contributed by atoms with Crippen LogP contribution < -0.4 is 4.74 Å². The van der Waals surface area contributed by atoms with E-state index in [9.17, 15) is 4.79 Å². The predicted molar refractivity (Wildman–Crippen MR) is 68.6 cm³/mol. The highest BCUT2D eigenvalue weighted by Crippen LogP contribution is 2.37. The maximum Gasteiger partial charge on any atom is 0.328 e. The van der Waals surface area contributed by atoms with Gasteiger partial charge in [-0.3, -0.25) is 0 Å². The number of carboxylic acid groups (broad SMARTS) is 1. The molecule has 1 aliphatic heterocycles. The molecule has 1 aromatic heterocycles. The Morgan fingerprint density at radius 2 is 2.30 bits per heavy atom. The summed E-state index contributed by atoms with van der Waals surface area (Å²) < 4.78 is 6.98. The van der Waals surface area contributed by atoms with Crippen molar-refractivity contribution in [2.75, 3.05) is 6.61 Å². The first kappa shape index (κ1) is 12.6. The Hall–Kier alpha value is -2.44. The minimum Gasteiger partial charge on any atom is -0.493 e. The van der Waals surface area contributed by atoms with Crippen LogP contribution in [-0.4, -0.2) is 37.9 Å². The van der Waals surface area contributed by atoms with Crippen LogP contribution in [0.3, 0.4) is 0 Å². The van der Waals surface area contributed by atoms with Crippen molar-refractivity contribution < 1.29 is 14.6 Å². The Bertz CT molecular complexity index is 640. The molecule has 1 N–H and O–H groups in total. The lowest BCUT2D eigenvalue weighted by Crippen LogP contribution is -2.24. The van der Waals surface area contributed by atoms with Gasteiger partial charge in [-0.05, 0) is 29.8 Å². The second-order valence-corrected chi connectivity index (χ2v) is 4.72. The Morgan fingerprint density at radius 1 is 1.50 bits per heavy atom. The summed E-state index contributed by atoms with van der Waals surface area (Å²) in [5, 5.41) is 20.6. The zero-order valence-corrected chi connectivity index (χ0v) is 10.9. The van der Waals surface area contributed by atoms with E-state index in [-0.39, 0.29) is 5.92 Å². The summed E-state index contributed by atoms with van der Waals surface area (Å²) >= 11 is 0. The van der Waals surface area contributed by atoms with Crippen LogP contribution in [0, 0.1) is 0 Å². The number of carboxylic acids is 1. The first-order chi connectivity index (χ1) is 9.68. The van der Waals surface area contributed by atoms with Gasteiger partial charge in [0, 0.05) is 5.56 Å². The molecule has 7 nitrogen and oxygen atoms in total. The van der Waals surface area contributed by atoms with Gasteiger partial charge in [0.15, 0.2) is 5.82 Å². The van der Waals surface area contributed by atoms with Crippen LogP contribution in [0.5, 0.6) is 5.75 Å². The summed E-state index contributed by atoms with van der Waals surface area (Å²) in [5.41, 5.74) is 0.993. The third-order valence-corrected chi connectivity index (χ3v) is 3.51. The Kier molecular flexibility index (Phi) is 3.09. The maximum atomic E-state index is 11.1. The van der Waals surface area contributed by atoms with Crippen LogP contribution in [0.2, 0.25) is 0 Å². The van der Waals surface area contributed by atoms with Crippen LogP contribution in [0.15, 0.2) is 24.3 Å². The third kappa shape index (κ3) is 2.01. The first-order valence-corrected chi connectivity index (χ1v) is 6.40. The molecule has 2 atom stereocenters. The minimum absolute atomic E-state index is 0.0447. The van der Waals surface area contributed by atoms with Gasteiger partial charge in [0.05, 0.1) is 12.5 Å². The Morgan fingerprint density at radius 3 is 3.10 bits per heavy atom. The van der Waals surface area contributed by atoms with E-state index < -0.39 is 12.0 Å². The molecule has 1 aliphatic rings. The Labute approximate surface area is 115 Å². The molecule has 0 fully saturated rings. The lowest BCUT2D eigenvalue weighted by Gasteiger charge is -2.25. The highest BCUT2D eigenvalue weighted by Gasteiger charge is 2.30. The van der Waals surface area contributed by atoms with Crippen molar-refractivity contribution in [1.82, 2.24) is 20.2 Å². The number of aromatic nitrogens is 4. The molecule has 104 valence electrons. The van der Waals surface area contributed by atoms with E-state index in [4.69, 9.17) is 9.84 Å². The van der Waals surface area contributed by atoms with Crippen molar-refractivity contribution in [2.24, 2.45) is 0 Å². The molecule has 0 saturated heterocycles. The lowest BCUT2D eigenvalue weighted by molar-refractivity contribution is -0.140. The van der Waals surface area contributed by atoms with Crippen molar-refractivity contribution in [1.29, 1.82) is 0 Å². The van der Waals surface area contributed by atoms with Gasteiger partial charge in [0.1, 0.15) is 11.8 Å². The normalized spacial score (nSPS) is 18.9. The molecule has 0 amide bonds. The molecule has 1 aromatic carbocycles. The minimum atomic E-state index is -0.959. The SMILES string of the molecule is CC(C(=O)O)n1nnnc1C1CCOc2ccccc21. The van der Waals surface area contributed by atoms with Crippen LogP contribution in [0.1, 0.15) is 36.7 Å². The van der Waals surface area contributed by atoms with Gasteiger partial charge in [-0.25, -0.2) is 9.48 Å². The van der Waals surface area contributed by atoms with Gasteiger partial charge in [-0.1, -0.05) is 18.2 Å². The average molecular weight is 274 g/mol. The lowest BCUT2D eigenvalue weighted by atomic mass is 9.92. The molecule has 0 spiro atoms. The van der Waals surface area contributed by atoms with E-state index in [1.165, 1.54) is 4.68 Å². The van der Waals surface area contributed by atoms with Crippen molar-refractivity contribution in [3.8, 4) is 5.75 Å². The average Bonchev–Trinajstić information content (AvgIpc) is 2.94. The molecule has 2 unspecified atom stereocenters. The van der Waals surface area contributed by atoms with Crippen molar-refractivity contribution >= 4 is 5.97 Å². The number of hydrogen-bond acceptors (Lipinski definition) is 5. The van der Waals surface area contributed by atoms with Crippen molar-refractivity contribution in [3.05, 3.63) is 35.7 Å². The van der Waals surface area contributed by atoms with E-state index in [2.05, 4.69) is 15.5 Å². The maximum absolute atomic E-state index is 11.1. The molecule has 20 heavy (non-hydrogen) atoms. The summed E-state index contributed by atoms with van der Waals surface area (Å²) in [5.74, 6) is 0.368. The smallest absolute Gasteiger partial charge is 0.328 e. The largest absolute Gasteiger partial charge is 0.493 e. The quantitative estimate of drug-likeness (QED) is 0.905. The monoisotopic (exact) mass is 274 g/mol. The van der Waals surface area contributed by atoms with Gasteiger partial charge in [0.25, 0.3) is 0 Å². The van der Waals surface area contributed by atoms with Crippen LogP contribution in [0.4, 0.5) is 0 Å². The Balaban J connectivity index is 2.03. The molecule has 3 rings (SSSR count). The fourth-order valence-electron chi connectivity index (χ4n) is 2.42. The number of para-hydroxylation sites is 1. The molecule has 0 aliphatic carbocycles. The number of ether oxygens (including phenoxy) is 1. The zero-order valence-electron chi connectivity index (χ0n) is 10.9. The van der Waals surface area contributed by atoms with Gasteiger partial charge in [0.2, 0.25) is 0 Å². The molecular weight excluding hydrogens is 260 g/mol. The number of nitrogens with zero attached hydrogens (tertiary/aromatic N) is 4. The molecule has 2 heterocycles. The van der Waals surface area contributed by atoms with E-state index in [0.29, 0.717) is 12.4 Å². The van der Waals surface area contributed by atoms with Crippen molar-refractivity contribution in [3.63, 3.8) is 0 Å². The molecule has 2 aromatic rings. The molecule has 7 heteroatoms. The number of aliphatic carboxylic acids is 1. The highest BCUT2D eigenvalue weighted by atomic mass is 16.5. The topological polar surface area (TPSA) is 90.1 Å². The van der Waals surface area contributed by atoms with Gasteiger partial charge in [-0.2, -0.15) is 0 Å². The summed E-state index contributed by atoms with van der Waals surface area (Å²) in [4.78, 5) is 11.1. The molecule has 0 radical (unpaired) electrons. The number of rotatable bonds is 3. The number of hydrogen-bond donors (Lipinski definition) is 1. The predicted octanol–water partition coefficient (Wildman–Crippen LogP) is 1.23. The zero-order chi connectivity index (χ0) is 14.1. The molecule has 0 saturated carbocycles. The summed E-state index contributed by atoms with van der Waals surface area (Å²) in [6.45, 7) is 2.13. The van der Waals surface area contributed by atoms with Gasteiger partial charge in [-0.15, -0.1) is 5.10 Å². The number of carbonyl (C=O) groups is 1. The molecule has 0 bridgehead atoms. The van der Waals surface area contributed by atoms with Crippen LogP contribution in [-0.2, 0) is 4.79 Å². The van der Waals surface area contributed by atoms with Gasteiger partial charge >= 0.3 is 5.97 Å². The standard InChI is InChI=1S/C13H14N4O3/c1-8(13(18)19)17-12(14-15-16-17)10-6-7-20-11-5-3-2-4-9(10)11/h2-5,8,10H,6-7H2,1H3,(H,18,19). The summed E-state index contributed by atoms with van der Waals surface area (Å²) in [6.07, 6.45) is 0.726.